The number of hydrogen-bond acceptors (Lipinski definition) is 5. The molecule has 1 heterocycles. The van der Waals surface area contributed by atoms with E-state index in [9.17, 15) is 36.2 Å². The summed E-state index contributed by atoms with van der Waals surface area (Å²) in [5.41, 5.74) is -3.92. The molecule has 0 aromatic heterocycles. The van der Waals surface area contributed by atoms with Crippen LogP contribution in [0.1, 0.15) is 35.1 Å². The molecule has 12 heteroatoms. The molecule has 0 radical (unpaired) electrons. The molecular weight excluding hydrogens is 508 g/mol. The highest BCUT2D eigenvalue weighted by atomic mass is 19.4. The molecule has 37 heavy (non-hydrogen) atoms. The van der Waals surface area contributed by atoms with Gasteiger partial charge >= 0.3 is 12.4 Å². The van der Waals surface area contributed by atoms with Gasteiger partial charge in [0.1, 0.15) is 0 Å². The molecule has 1 aliphatic rings. The quantitative estimate of drug-likeness (QED) is 0.453. The van der Waals surface area contributed by atoms with Gasteiger partial charge in [0.25, 0.3) is 0 Å². The van der Waals surface area contributed by atoms with Crippen molar-refractivity contribution in [1.82, 2.24) is 4.90 Å². The van der Waals surface area contributed by atoms with Gasteiger partial charge in [-0.2, -0.15) is 26.3 Å². The van der Waals surface area contributed by atoms with Crippen molar-refractivity contribution in [1.29, 1.82) is 0 Å². The van der Waals surface area contributed by atoms with Crippen LogP contribution < -0.4 is 14.2 Å². The van der Waals surface area contributed by atoms with Crippen molar-refractivity contribution in [2.75, 3.05) is 34.5 Å². The van der Waals surface area contributed by atoms with Gasteiger partial charge in [0.15, 0.2) is 11.5 Å². The third-order valence-electron chi connectivity index (χ3n) is 6.48. The Bertz CT molecular complexity index is 1080. The minimum atomic E-state index is -5.00. The highest BCUT2D eigenvalue weighted by Crippen LogP contribution is 2.43. The molecular formula is C25H27F6NO5. The van der Waals surface area contributed by atoms with Crippen molar-refractivity contribution in [3.8, 4) is 17.2 Å². The van der Waals surface area contributed by atoms with Crippen LogP contribution in [0.4, 0.5) is 26.3 Å². The second-order valence-corrected chi connectivity index (χ2v) is 8.86. The number of carbonyl (C=O) groups is 1. The topological polar surface area (TPSA) is 68.2 Å². The molecule has 1 fully saturated rings. The van der Waals surface area contributed by atoms with Gasteiger partial charge in [-0.15, -0.1) is 0 Å². The summed E-state index contributed by atoms with van der Waals surface area (Å²) in [4.78, 5) is 15.0. The van der Waals surface area contributed by atoms with Crippen molar-refractivity contribution < 1.29 is 50.5 Å². The number of ether oxygens (including phenoxy) is 3. The third-order valence-corrected chi connectivity index (χ3v) is 6.48. The molecule has 1 atom stereocenters. The number of hydrogen-bond donors (Lipinski definition) is 1. The Morgan fingerprint density at radius 3 is 1.84 bits per heavy atom. The van der Waals surface area contributed by atoms with Crippen LogP contribution in [-0.2, 0) is 30.1 Å². The summed E-state index contributed by atoms with van der Waals surface area (Å²) >= 11 is 0. The zero-order valence-corrected chi connectivity index (χ0v) is 20.4. The van der Waals surface area contributed by atoms with Crippen LogP contribution in [0.2, 0.25) is 0 Å². The van der Waals surface area contributed by atoms with Crippen LogP contribution in [0.3, 0.4) is 0 Å². The van der Waals surface area contributed by atoms with Gasteiger partial charge in [0.2, 0.25) is 11.7 Å². The fourth-order valence-electron chi connectivity index (χ4n) is 4.70. The maximum Gasteiger partial charge on any atom is 0.416 e. The van der Waals surface area contributed by atoms with Crippen LogP contribution in [0, 0.1) is 5.41 Å². The SMILES string of the molecule is COc1cc(CN2CCC(CCO)(Cc3cc(C(F)(F)F)cc(C(F)(F)F)c3)C2=O)cc(OC)c1OC. The first-order valence-electron chi connectivity index (χ1n) is 11.3. The summed E-state index contributed by atoms with van der Waals surface area (Å²) < 4.78 is 96.0. The normalized spacial score (nSPS) is 18.3. The largest absolute Gasteiger partial charge is 0.493 e. The van der Waals surface area contributed by atoms with E-state index < -0.39 is 41.4 Å². The highest BCUT2D eigenvalue weighted by Gasteiger charge is 2.47. The first-order chi connectivity index (χ1) is 17.3. The molecule has 0 bridgehead atoms. The van der Waals surface area contributed by atoms with Crippen molar-refractivity contribution in [2.24, 2.45) is 5.41 Å². The number of methoxy groups -OCH3 is 3. The molecule has 1 unspecified atom stereocenters. The number of benzene rings is 2. The Morgan fingerprint density at radius 2 is 1.41 bits per heavy atom. The van der Waals surface area contributed by atoms with E-state index in [0.29, 0.717) is 34.9 Å². The van der Waals surface area contributed by atoms with Gasteiger partial charge < -0.3 is 24.2 Å². The Hall–Kier alpha value is -3.15. The number of aliphatic hydroxyl groups excluding tert-OH is 1. The molecule has 0 saturated carbocycles. The molecule has 0 spiro atoms. The van der Waals surface area contributed by atoms with Crippen LogP contribution in [0.25, 0.3) is 0 Å². The van der Waals surface area contributed by atoms with E-state index in [1.165, 1.54) is 26.2 Å². The molecule has 0 aliphatic carbocycles. The molecule has 1 saturated heterocycles. The maximum atomic E-state index is 13.5. The highest BCUT2D eigenvalue weighted by molar-refractivity contribution is 5.85. The van der Waals surface area contributed by atoms with Crippen molar-refractivity contribution in [3.05, 3.63) is 52.6 Å². The number of carbonyl (C=O) groups excluding carboxylic acids is 1. The summed E-state index contributed by atoms with van der Waals surface area (Å²) in [5.74, 6) is 0.588. The lowest BCUT2D eigenvalue weighted by atomic mass is 9.77. The Labute approximate surface area is 209 Å². The number of rotatable bonds is 9. The maximum absolute atomic E-state index is 13.5. The van der Waals surface area contributed by atoms with Gasteiger partial charge in [-0.05, 0) is 60.7 Å². The Morgan fingerprint density at radius 1 is 0.865 bits per heavy atom. The van der Waals surface area contributed by atoms with E-state index in [0.717, 1.165) is 0 Å². The Balaban J connectivity index is 1.94. The number of amides is 1. The summed E-state index contributed by atoms with van der Waals surface area (Å²) in [7, 11) is 4.29. The van der Waals surface area contributed by atoms with E-state index in [2.05, 4.69) is 0 Å². The Kier molecular flexibility index (Phi) is 8.21. The van der Waals surface area contributed by atoms with Gasteiger partial charge in [0.05, 0.1) is 37.9 Å². The molecule has 2 aromatic carbocycles. The summed E-state index contributed by atoms with van der Waals surface area (Å²) in [5, 5.41) is 9.65. The number of alkyl halides is 6. The number of halogens is 6. The minimum absolute atomic E-state index is 0.0510. The van der Waals surface area contributed by atoms with Crippen LogP contribution in [0.5, 0.6) is 17.2 Å². The fraction of sp³-hybridized carbons (Fsp3) is 0.480. The first-order valence-corrected chi connectivity index (χ1v) is 11.3. The van der Waals surface area contributed by atoms with E-state index >= 15 is 0 Å². The van der Waals surface area contributed by atoms with Gasteiger partial charge in [0, 0.05) is 19.7 Å². The summed E-state index contributed by atoms with van der Waals surface area (Å²) in [6, 6.07) is 4.59. The van der Waals surface area contributed by atoms with Crippen LogP contribution in [0.15, 0.2) is 30.3 Å². The second kappa shape index (κ2) is 10.7. The van der Waals surface area contributed by atoms with Crippen LogP contribution in [-0.4, -0.2) is 50.4 Å². The van der Waals surface area contributed by atoms with Crippen molar-refractivity contribution in [3.63, 3.8) is 0 Å². The van der Waals surface area contributed by atoms with E-state index in [1.807, 2.05) is 0 Å². The van der Waals surface area contributed by atoms with Gasteiger partial charge in [-0.25, -0.2) is 0 Å². The lowest BCUT2D eigenvalue weighted by Crippen LogP contribution is -2.37. The number of likely N-dealkylation sites (tertiary alicyclic amines) is 1. The third kappa shape index (κ3) is 6.06. The fourth-order valence-corrected chi connectivity index (χ4v) is 4.70. The summed E-state index contributed by atoms with van der Waals surface area (Å²) in [6.45, 7) is -0.186. The standard InChI is InChI=1S/C25H27F6NO5/c1-35-19-10-16(11-20(36-2)21(19)37-3)14-32-6-4-23(5-7-33,22(32)34)13-15-8-17(24(26,27)28)12-18(9-15)25(29,30)31/h8-12,33H,4-7,13-14H2,1-3H3. The molecule has 1 N–H and O–H groups in total. The predicted molar refractivity (Wildman–Crippen MR) is 120 cm³/mol. The van der Waals surface area contributed by atoms with Gasteiger partial charge in [-0.3, -0.25) is 4.79 Å². The molecule has 6 nitrogen and oxygen atoms in total. The summed E-state index contributed by atoms with van der Waals surface area (Å²) in [6.07, 6.45) is -10.4. The monoisotopic (exact) mass is 535 g/mol. The van der Waals surface area contributed by atoms with Crippen molar-refractivity contribution >= 4 is 5.91 Å². The van der Waals surface area contributed by atoms with E-state index in [1.54, 1.807) is 12.1 Å². The second-order valence-electron chi connectivity index (χ2n) is 8.86. The minimum Gasteiger partial charge on any atom is -0.493 e. The smallest absolute Gasteiger partial charge is 0.416 e. The molecule has 2 aromatic rings. The molecule has 204 valence electrons. The average molecular weight is 535 g/mol. The van der Waals surface area contributed by atoms with E-state index in [-0.39, 0.29) is 44.0 Å². The number of nitrogens with zero attached hydrogens (tertiary/aromatic N) is 1. The molecule has 1 aliphatic heterocycles. The van der Waals surface area contributed by atoms with E-state index in [4.69, 9.17) is 14.2 Å². The van der Waals surface area contributed by atoms with Gasteiger partial charge in [-0.1, -0.05) is 0 Å². The first kappa shape index (κ1) is 28.4. The average Bonchev–Trinajstić information content (AvgIpc) is 3.12. The zero-order valence-electron chi connectivity index (χ0n) is 20.4. The lowest BCUT2D eigenvalue weighted by molar-refractivity contribution is -0.143. The zero-order chi connectivity index (χ0) is 27.6. The van der Waals surface area contributed by atoms with Crippen LogP contribution >= 0.6 is 0 Å². The lowest BCUT2D eigenvalue weighted by Gasteiger charge is -2.28. The molecule has 3 rings (SSSR count). The molecule has 1 amide bonds. The van der Waals surface area contributed by atoms with Crippen molar-refractivity contribution in [2.45, 2.75) is 38.2 Å². The predicted octanol–water partition coefficient (Wildman–Crippen LogP) is 5.09. The number of aliphatic hydroxyl groups is 1.